The molecule has 0 aliphatic carbocycles. The van der Waals surface area contributed by atoms with Crippen LogP contribution in [0.5, 0.6) is 0 Å². The Morgan fingerprint density at radius 3 is 2.03 bits per heavy atom. The smallest absolute Gasteiger partial charge is 0.338 e. The molecule has 1 aliphatic heterocycles. The third kappa shape index (κ3) is 4.47. The summed E-state index contributed by atoms with van der Waals surface area (Å²) in [5, 5.41) is 10.8. The molecule has 36 heavy (non-hydrogen) atoms. The van der Waals surface area contributed by atoms with Gasteiger partial charge in [0.15, 0.2) is 0 Å². The summed E-state index contributed by atoms with van der Waals surface area (Å²) in [6.45, 7) is 7.65. The molecule has 1 aromatic heterocycles. The van der Waals surface area contributed by atoms with Crippen LogP contribution in [0, 0.1) is 13.8 Å². The van der Waals surface area contributed by atoms with Crippen molar-refractivity contribution in [1.29, 1.82) is 0 Å². The van der Waals surface area contributed by atoms with Gasteiger partial charge in [0, 0.05) is 60.9 Å². The van der Waals surface area contributed by atoms with Crippen molar-refractivity contribution >= 4 is 28.9 Å². The molecule has 184 valence electrons. The molecule has 2 heterocycles. The zero-order valence-electron chi connectivity index (χ0n) is 20.8. The van der Waals surface area contributed by atoms with Crippen molar-refractivity contribution in [1.82, 2.24) is 4.57 Å². The predicted molar refractivity (Wildman–Crippen MR) is 149 cm³/mol. The molecule has 1 N–H and O–H groups in total. The Kier molecular flexibility index (Phi) is 6.50. The number of carboxylic acids is 1. The Bertz CT molecular complexity index is 1400. The summed E-state index contributed by atoms with van der Waals surface area (Å²) in [6.07, 6.45) is 0. The summed E-state index contributed by atoms with van der Waals surface area (Å²) >= 11 is 6.14. The SMILES string of the molecule is Cc1ccc(N2CCN(c3cccc(-c4c(C(=O)O)c(C)n(C)c4-c4ccc(Cl)cc4)c3)CC2)cc1. The summed E-state index contributed by atoms with van der Waals surface area (Å²) in [5.74, 6) is -0.921. The maximum Gasteiger partial charge on any atom is 0.338 e. The van der Waals surface area contributed by atoms with Crippen LogP contribution in [0.25, 0.3) is 22.4 Å². The first kappa shape index (κ1) is 24.0. The molecule has 0 radical (unpaired) electrons. The predicted octanol–water partition coefficient (Wildman–Crippen LogP) is 6.65. The van der Waals surface area contributed by atoms with Gasteiger partial charge in [-0.3, -0.25) is 0 Å². The van der Waals surface area contributed by atoms with Crippen LogP contribution in [0.2, 0.25) is 5.02 Å². The van der Waals surface area contributed by atoms with Crippen molar-refractivity contribution in [3.63, 3.8) is 0 Å². The van der Waals surface area contributed by atoms with Crippen LogP contribution in [0.4, 0.5) is 11.4 Å². The highest BCUT2D eigenvalue weighted by atomic mass is 35.5. The van der Waals surface area contributed by atoms with Crippen molar-refractivity contribution < 1.29 is 9.90 Å². The van der Waals surface area contributed by atoms with E-state index in [0.717, 1.165) is 59.9 Å². The Morgan fingerprint density at radius 1 is 0.806 bits per heavy atom. The molecular weight excluding hydrogens is 470 g/mol. The maximum absolute atomic E-state index is 12.4. The second-order valence-electron chi connectivity index (χ2n) is 9.42. The molecule has 5 nitrogen and oxygen atoms in total. The summed E-state index contributed by atoms with van der Waals surface area (Å²) in [6, 6.07) is 24.5. The average Bonchev–Trinajstić information content (AvgIpc) is 3.16. The average molecular weight is 500 g/mol. The minimum Gasteiger partial charge on any atom is -0.478 e. The second-order valence-corrected chi connectivity index (χ2v) is 9.85. The van der Waals surface area contributed by atoms with Crippen LogP contribution in [-0.4, -0.2) is 41.8 Å². The number of nitrogens with zero attached hydrogens (tertiary/aromatic N) is 3. The number of anilines is 2. The Hall–Kier alpha value is -3.70. The summed E-state index contributed by atoms with van der Waals surface area (Å²) < 4.78 is 1.97. The monoisotopic (exact) mass is 499 g/mol. The molecule has 6 heteroatoms. The van der Waals surface area contributed by atoms with Crippen LogP contribution in [0.1, 0.15) is 21.6 Å². The van der Waals surface area contributed by atoms with Crippen LogP contribution < -0.4 is 9.80 Å². The van der Waals surface area contributed by atoms with E-state index >= 15 is 0 Å². The molecule has 1 fully saturated rings. The lowest BCUT2D eigenvalue weighted by atomic mass is 9.96. The molecule has 0 amide bonds. The van der Waals surface area contributed by atoms with E-state index in [9.17, 15) is 9.90 Å². The first-order chi connectivity index (χ1) is 17.3. The number of aryl methyl sites for hydroxylation is 1. The molecule has 0 saturated carbocycles. The molecule has 0 bridgehead atoms. The number of hydrogen-bond acceptors (Lipinski definition) is 3. The van der Waals surface area contributed by atoms with Gasteiger partial charge < -0.3 is 19.5 Å². The second kappa shape index (κ2) is 9.75. The molecule has 4 aromatic rings. The Labute approximate surface area is 217 Å². The number of carboxylic acid groups (broad SMARTS) is 1. The molecule has 3 aromatic carbocycles. The molecule has 5 rings (SSSR count). The van der Waals surface area contributed by atoms with Gasteiger partial charge >= 0.3 is 5.97 Å². The number of benzene rings is 3. The van der Waals surface area contributed by atoms with Crippen molar-refractivity contribution in [2.45, 2.75) is 13.8 Å². The van der Waals surface area contributed by atoms with Crippen molar-refractivity contribution in [2.75, 3.05) is 36.0 Å². The van der Waals surface area contributed by atoms with E-state index in [-0.39, 0.29) is 0 Å². The largest absolute Gasteiger partial charge is 0.478 e. The van der Waals surface area contributed by atoms with E-state index in [4.69, 9.17) is 11.6 Å². The lowest BCUT2D eigenvalue weighted by Crippen LogP contribution is -2.46. The van der Waals surface area contributed by atoms with E-state index < -0.39 is 5.97 Å². The topological polar surface area (TPSA) is 48.7 Å². The van der Waals surface area contributed by atoms with Gasteiger partial charge in [-0.25, -0.2) is 4.79 Å². The van der Waals surface area contributed by atoms with Gasteiger partial charge in [-0.15, -0.1) is 0 Å². The van der Waals surface area contributed by atoms with Crippen LogP contribution in [-0.2, 0) is 7.05 Å². The van der Waals surface area contributed by atoms with Crippen LogP contribution >= 0.6 is 11.6 Å². The minimum atomic E-state index is -0.921. The molecule has 0 atom stereocenters. The van der Waals surface area contributed by atoms with Gasteiger partial charge in [-0.1, -0.05) is 53.6 Å². The number of aromatic nitrogens is 1. The number of piperazine rings is 1. The van der Waals surface area contributed by atoms with Crippen molar-refractivity contribution in [3.05, 3.63) is 94.6 Å². The van der Waals surface area contributed by atoms with Gasteiger partial charge in [0.1, 0.15) is 0 Å². The highest BCUT2D eigenvalue weighted by Crippen LogP contribution is 2.40. The maximum atomic E-state index is 12.4. The minimum absolute atomic E-state index is 0.337. The number of halogens is 1. The highest BCUT2D eigenvalue weighted by Gasteiger charge is 2.26. The van der Waals surface area contributed by atoms with Gasteiger partial charge in [0.25, 0.3) is 0 Å². The molecule has 0 spiro atoms. The summed E-state index contributed by atoms with van der Waals surface area (Å²) in [4.78, 5) is 17.2. The number of rotatable bonds is 5. The number of hydrogen-bond donors (Lipinski definition) is 1. The van der Waals surface area contributed by atoms with E-state index in [0.29, 0.717) is 10.6 Å². The third-order valence-corrected chi connectivity index (χ3v) is 7.45. The summed E-state index contributed by atoms with van der Waals surface area (Å²) in [7, 11) is 1.92. The Balaban J connectivity index is 1.49. The van der Waals surface area contributed by atoms with Gasteiger partial charge in [0.05, 0.1) is 11.3 Å². The fraction of sp³-hybridized carbons (Fsp3) is 0.233. The van der Waals surface area contributed by atoms with Crippen molar-refractivity contribution in [3.8, 4) is 22.4 Å². The first-order valence-corrected chi connectivity index (χ1v) is 12.6. The normalized spacial score (nSPS) is 13.8. The quantitative estimate of drug-likeness (QED) is 0.334. The fourth-order valence-corrected chi connectivity index (χ4v) is 5.25. The van der Waals surface area contributed by atoms with Crippen LogP contribution in [0.3, 0.4) is 0 Å². The van der Waals surface area contributed by atoms with Crippen LogP contribution in [0.15, 0.2) is 72.8 Å². The zero-order valence-corrected chi connectivity index (χ0v) is 21.6. The van der Waals surface area contributed by atoms with E-state index in [1.807, 2.05) is 54.9 Å². The number of carbonyl (C=O) groups is 1. The summed E-state index contributed by atoms with van der Waals surface area (Å²) in [5.41, 5.74) is 8.15. The Morgan fingerprint density at radius 2 is 1.42 bits per heavy atom. The van der Waals surface area contributed by atoms with Crippen molar-refractivity contribution in [2.24, 2.45) is 7.05 Å². The lowest BCUT2D eigenvalue weighted by molar-refractivity contribution is 0.0697. The van der Waals surface area contributed by atoms with Gasteiger partial charge in [-0.05, 0) is 61.4 Å². The van der Waals surface area contributed by atoms with E-state index in [2.05, 4.69) is 53.1 Å². The lowest BCUT2D eigenvalue weighted by Gasteiger charge is -2.37. The first-order valence-electron chi connectivity index (χ1n) is 12.2. The standard InChI is InChI=1S/C30H30ClN3O2/c1-20-7-13-25(14-8-20)33-15-17-34(18-16-33)26-6-4-5-23(19-26)28-27(30(35)36)21(2)32(3)29(28)22-9-11-24(31)12-10-22/h4-14,19H,15-18H2,1-3H3,(H,35,36). The molecular formula is C30H30ClN3O2. The van der Waals surface area contributed by atoms with Gasteiger partial charge in [-0.2, -0.15) is 0 Å². The van der Waals surface area contributed by atoms with E-state index in [1.165, 1.54) is 11.3 Å². The molecule has 1 saturated heterocycles. The zero-order chi connectivity index (χ0) is 25.4. The molecule has 0 unspecified atom stereocenters. The fourth-order valence-electron chi connectivity index (χ4n) is 5.13. The number of aromatic carboxylic acids is 1. The molecule has 1 aliphatic rings. The van der Waals surface area contributed by atoms with Gasteiger partial charge in [0.2, 0.25) is 0 Å². The van der Waals surface area contributed by atoms with E-state index in [1.54, 1.807) is 0 Å². The highest BCUT2D eigenvalue weighted by molar-refractivity contribution is 6.30. The third-order valence-electron chi connectivity index (χ3n) is 7.20.